The summed E-state index contributed by atoms with van der Waals surface area (Å²) in [5.74, 6) is 0.750. The first-order valence-electron chi connectivity index (χ1n) is 10.7. The average Bonchev–Trinajstić information content (AvgIpc) is 2.68. The highest BCUT2D eigenvalue weighted by atomic mass is 16.2. The van der Waals surface area contributed by atoms with Crippen molar-refractivity contribution in [3.8, 4) is 0 Å². The third kappa shape index (κ3) is 4.48. The molecule has 1 aromatic rings. The molecule has 1 aromatic carbocycles. The third-order valence-corrected chi connectivity index (χ3v) is 6.96. The molecule has 4 heteroatoms. The van der Waals surface area contributed by atoms with E-state index < -0.39 is 0 Å². The van der Waals surface area contributed by atoms with Gasteiger partial charge in [0.05, 0.1) is 12.5 Å². The molecule has 2 aliphatic rings. The molecule has 0 spiro atoms. The first-order valence-corrected chi connectivity index (χ1v) is 10.7. The lowest BCUT2D eigenvalue weighted by Crippen LogP contribution is -2.42. The van der Waals surface area contributed by atoms with Crippen LogP contribution >= 0.6 is 0 Å². The van der Waals surface area contributed by atoms with Gasteiger partial charge >= 0.3 is 0 Å². The van der Waals surface area contributed by atoms with Crippen molar-refractivity contribution >= 4 is 17.9 Å². The van der Waals surface area contributed by atoms with Gasteiger partial charge in [-0.2, -0.15) is 0 Å². The van der Waals surface area contributed by atoms with E-state index in [1.165, 1.54) is 19.3 Å². The van der Waals surface area contributed by atoms with E-state index in [0.717, 1.165) is 29.9 Å². The van der Waals surface area contributed by atoms with E-state index in [4.69, 9.17) is 0 Å². The maximum absolute atomic E-state index is 12.8. The largest absolute Gasteiger partial charge is 0.353 e. The zero-order chi connectivity index (χ0) is 20.3. The molecule has 3 rings (SSSR count). The molecule has 0 aromatic heterocycles. The van der Waals surface area contributed by atoms with E-state index in [9.17, 15) is 9.59 Å². The van der Waals surface area contributed by atoms with Crippen LogP contribution in [0.3, 0.4) is 0 Å². The lowest BCUT2D eigenvalue weighted by atomic mass is 9.69. The topological polar surface area (TPSA) is 49.4 Å². The van der Waals surface area contributed by atoms with Gasteiger partial charge in [-0.1, -0.05) is 51.5 Å². The van der Waals surface area contributed by atoms with Crippen LogP contribution in [0.4, 0.5) is 0 Å². The van der Waals surface area contributed by atoms with Gasteiger partial charge in [-0.3, -0.25) is 9.59 Å². The Labute approximate surface area is 169 Å². The van der Waals surface area contributed by atoms with Crippen LogP contribution < -0.4 is 5.32 Å². The highest BCUT2D eigenvalue weighted by molar-refractivity contribution is 5.82. The van der Waals surface area contributed by atoms with Crippen molar-refractivity contribution in [1.82, 2.24) is 10.2 Å². The Morgan fingerprint density at radius 1 is 1.14 bits per heavy atom. The Balaban J connectivity index is 1.61. The lowest BCUT2D eigenvalue weighted by Gasteiger charge is -2.39. The van der Waals surface area contributed by atoms with Crippen LogP contribution in [-0.2, 0) is 9.59 Å². The van der Waals surface area contributed by atoms with Gasteiger partial charge in [-0.15, -0.1) is 0 Å². The molecule has 28 heavy (non-hydrogen) atoms. The molecular formula is C24H34N2O2. The maximum atomic E-state index is 12.8. The second-order valence-corrected chi connectivity index (χ2v) is 9.05. The van der Waals surface area contributed by atoms with E-state index in [2.05, 4.69) is 26.1 Å². The zero-order valence-corrected chi connectivity index (χ0v) is 17.7. The van der Waals surface area contributed by atoms with Crippen LogP contribution in [0, 0.1) is 11.3 Å². The van der Waals surface area contributed by atoms with Crippen molar-refractivity contribution < 1.29 is 9.59 Å². The van der Waals surface area contributed by atoms with Crippen molar-refractivity contribution in [2.75, 3.05) is 0 Å². The van der Waals surface area contributed by atoms with E-state index >= 15 is 0 Å². The first-order chi connectivity index (χ1) is 13.3. The number of nitrogens with one attached hydrogen (secondary N) is 1. The SMILES string of the molecule is CCC(C)(C)C1CCC(NC(=O)CC2c3ccccc3C=CN2C(C)=O)CC1. The Hall–Kier alpha value is -2.10. The van der Waals surface area contributed by atoms with E-state index in [1.54, 1.807) is 18.0 Å². The van der Waals surface area contributed by atoms with Gasteiger partial charge in [0, 0.05) is 19.2 Å². The summed E-state index contributed by atoms with van der Waals surface area (Å²) in [7, 11) is 0. The normalized spacial score (nSPS) is 24.6. The van der Waals surface area contributed by atoms with Crippen LogP contribution in [0.5, 0.6) is 0 Å². The number of hydrogen-bond acceptors (Lipinski definition) is 2. The standard InChI is InChI=1S/C24H34N2O2/c1-5-24(3,4)19-10-12-20(13-11-19)25-23(28)16-22-21-9-7-6-8-18(21)14-15-26(22)17(2)27/h6-9,14-15,19-20,22H,5,10-13,16H2,1-4H3,(H,25,28). The molecule has 0 radical (unpaired) electrons. The van der Waals surface area contributed by atoms with Crippen LogP contribution in [0.25, 0.3) is 6.08 Å². The Kier molecular flexibility index (Phi) is 6.26. The smallest absolute Gasteiger partial charge is 0.223 e. The second-order valence-electron chi connectivity index (χ2n) is 9.05. The predicted molar refractivity (Wildman–Crippen MR) is 113 cm³/mol. The van der Waals surface area contributed by atoms with Crippen LogP contribution in [0.1, 0.15) is 83.4 Å². The molecule has 1 atom stereocenters. The number of carbonyl (C=O) groups excluding carboxylic acids is 2. The molecule has 1 aliphatic heterocycles. The van der Waals surface area contributed by atoms with Crippen LogP contribution in [0.2, 0.25) is 0 Å². The van der Waals surface area contributed by atoms with E-state index in [0.29, 0.717) is 11.8 Å². The van der Waals surface area contributed by atoms with Crippen molar-refractivity contribution in [3.05, 3.63) is 41.6 Å². The van der Waals surface area contributed by atoms with Crippen molar-refractivity contribution in [2.45, 2.75) is 78.3 Å². The number of benzene rings is 1. The highest BCUT2D eigenvalue weighted by Gasteiger charge is 2.33. The number of hydrogen-bond donors (Lipinski definition) is 1. The predicted octanol–water partition coefficient (Wildman–Crippen LogP) is 5.06. The Morgan fingerprint density at radius 2 is 1.82 bits per heavy atom. The summed E-state index contributed by atoms with van der Waals surface area (Å²) in [6, 6.07) is 8.04. The van der Waals surface area contributed by atoms with Gasteiger partial charge in [0.2, 0.25) is 11.8 Å². The van der Waals surface area contributed by atoms with Gasteiger partial charge in [-0.05, 0) is 54.2 Å². The average molecular weight is 383 g/mol. The van der Waals surface area contributed by atoms with Gasteiger partial charge in [0.25, 0.3) is 0 Å². The zero-order valence-electron chi connectivity index (χ0n) is 17.7. The number of rotatable bonds is 5. The lowest BCUT2D eigenvalue weighted by molar-refractivity contribution is -0.130. The van der Waals surface area contributed by atoms with Gasteiger partial charge < -0.3 is 10.2 Å². The summed E-state index contributed by atoms with van der Waals surface area (Å²) in [6.07, 6.45) is 9.73. The quantitative estimate of drug-likeness (QED) is 0.774. The Bertz CT molecular complexity index is 745. The molecule has 1 N–H and O–H groups in total. The minimum absolute atomic E-state index is 0.0362. The number of carbonyl (C=O) groups is 2. The van der Waals surface area contributed by atoms with Crippen LogP contribution in [-0.4, -0.2) is 22.8 Å². The Morgan fingerprint density at radius 3 is 2.46 bits per heavy atom. The van der Waals surface area contributed by atoms with Gasteiger partial charge in [0.15, 0.2) is 0 Å². The molecule has 4 nitrogen and oxygen atoms in total. The molecule has 0 saturated heterocycles. The summed E-state index contributed by atoms with van der Waals surface area (Å²) >= 11 is 0. The van der Waals surface area contributed by atoms with Crippen molar-refractivity contribution in [1.29, 1.82) is 0 Å². The van der Waals surface area contributed by atoms with E-state index in [-0.39, 0.29) is 23.9 Å². The van der Waals surface area contributed by atoms with Gasteiger partial charge in [0.1, 0.15) is 0 Å². The summed E-state index contributed by atoms with van der Waals surface area (Å²) in [6.45, 7) is 8.55. The van der Waals surface area contributed by atoms with E-state index in [1.807, 2.05) is 30.3 Å². The van der Waals surface area contributed by atoms with Crippen molar-refractivity contribution in [2.24, 2.45) is 11.3 Å². The second kappa shape index (κ2) is 8.50. The minimum Gasteiger partial charge on any atom is -0.353 e. The monoisotopic (exact) mass is 382 g/mol. The molecule has 1 aliphatic carbocycles. The maximum Gasteiger partial charge on any atom is 0.223 e. The van der Waals surface area contributed by atoms with Gasteiger partial charge in [-0.25, -0.2) is 0 Å². The molecule has 0 bridgehead atoms. The summed E-state index contributed by atoms with van der Waals surface area (Å²) in [4.78, 5) is 26.6. The fraction of sp³-hybridized carbons (Fsp3) is 0.583. The minimum atomic E-state index is -0.228. The molecule has 1 heterocycles. The fourth-order valence-corrected chi connectivity index (χ4v) is 4.68. The molecule has 1 saturated carbocycles. The fourth-order valence-electron chi connectivity index (χ4n) is 4.68. The molecule has 2 amide bonds. The molecule has 1 unspecified atom stereocenters. The van der Waals surface area contributed by atoms with Crippen molar-refractivity contribution in [3.63, 3.8) is 0 Å². The molecule has 152 valence electrons. The number of nitrogens with zero attached hydrogens (tertiary/aromatic N) is 1. The number of fused-ring (bicyclic) bond motifs is 1. The molecule has 1 fully saturated rings. The van der Waals surface area contributed by atoms with Crippen LogP contribution in [0.15, 0.2) is 30.5 Å². The summed E-state index contributed by atoms with van der Waals surface area (Å²) in [5, 5.41) is 3.25. The molecular weight excluding hydrogens is 348 g/mol. The number of amides is 2. The summed E-state index contributed by atoms with van der Waals surface area (Å²) < 4.78 is 0. The summed E-state index contributed by atoms with van der Waals surface area (Å²) in [5.41, 5.74) is 2.51. The highest BCUT2D eigenvalue weighted by Crippen LogP contribution is 2.40. The third-order valence-electron chi connectivity index (χ3n) is 6.96. The first kappa shape index (κ1) is 20.6.